The van der Waals surface area contributed by atoms with Crippen molar-refractivity contribution in [3.8, 4) is 0 Å². The van der Waals surface area contributed by atoms with Crippen LogP contribution in [0.1, 0.15) is 51.9 Å². The van der Waals surface area contributed by atoms with Gasteiger partial charge in [-0.25, -0.2) is 0 Å². The number of hydrogen-bond acceptors (Lipinski definition) is 1. The average Bonchev–Trinajstić information content (AvgIpc) is 2.23. The second-order valence-electron chi connectivity index (χ2n) is 4.54. The quantitative estimate of drug-likeness (QED) is 0.724. The topological polar surface area (TPSA) is 29.1 Å². The number of amides is 1. The van der Waals surface area contributed by atoms with Gasteiger partial charge in [0.05, 0.1) is 0 Å². The zero-order valence-corrected chi connectivity index (χ0v) is 10.4. The van der Waals surface area contributed by atoms with Gasteiger partial charge in [-0.05, 0) is 31.6 Å². The van der Waals surface area contributed by atoms with Gasteiger partial charge in [-0.3, -0.25) is 4.79 Å². The predicted molar refractivity (Wildman–Crippen MR) is 64.1 cm³/mol. The molecular formula is C12H22ClNO. The Bertz CT molecular complexity index is 196. The molecule has 0 spiro atoms. The highest BCUT2D eigenvalue weighted by Gasteiger charge is 2.20. The first-order valence-corrected chi connectivity index (χ1v) is 6.56. The molecule has 15 heavy (non-hydrogen) atoms. The van der Waals surface area contributed by atoms with Crippen LogP contribution in [0.2, 0.25) is 0 Å². The molecule has 1 amide bonds. The van der Waals surface area contributed by atoms with Crippen molar-refractivity contribution in [2.24, 2.45) is 5.92 Å². The average molecular weight is 232 g/mol. The lowest BCUT2D eigenvalue weighted by atomic mass is 9.89. The number of hydrogen-bond donors (Lipinski definition) is 1. The second kappa shape index (κ2) is 7.10. The van der Waals surface area contributed by atoms with Gasteiger partial charge in [0.1, 0.15) is 0 Å². The Labute approximate surface area is 97.8 Å². The number of rotatable bonds is 5. The highest BCUT2D eigenvalue weighted by Crippen LogP contribution is 2.27. The van der Waals surface area contributed by atoms with Crippen molar-refractivity contribution in [3.63, 3.8) is 0 Å². The molecule has 2 atom stereocenters. The number of carbonyl (C=O) groups is 1. The van der Waals surface area contributed by atoms with Gasteiger partial charge < -0.3 is 5.32 Å². The zero-order chi connectivity index (χ0) is 11.1. The lowest BCUT2D eigenvalue weighted by molar-refractivity contribution is -0.121. The summed E-state index contributed by atoms with van der Waals surface area (Å²) in [5.41, 5.74) is 0. The largest absolute Gasteiger partial charge is 0.356 e. The van der Waals surface area contributed by atoms with E-state index in [4.69, 9.17) is 11.6 Å². The highest BCUT2D eigenvalue weighted by molar-refractivity contribution is 6.20. The molecule has 1 saturated carbocycles. The molecule has 0 saturated heterocycles. The van der Waals surface area contributed by atoms with E-state index in [2.05, 4.69) is 12.2 Å². The molecule has 1 rings (SSSR count). The molecule has 1 aliphatic carbocycles. The van der Waals surface area contributed by atoms with Crippen LogP contribution in [-0.2, 0) is 4.79 Å². The first-order chi connectivity index (χ1) is 7.22. The number of unbranched alkanes of at least 4 members (excludes halogenated alkanes) is 1. The van der Waals surface area contributed by atoms with Crippen LogP contribution >= 0.6 is 11.6 Å². The molecule has 2 unspecified atom stereocenters. The molecule has 1 aliphatic rings. The lowest BCUT2D eigenvalue weighted by Gasteiger charge is -2.25. The van der Waals surface area contributed by atoms with Gasteiger partial charge in [0.15, 0.2) is 0 Å². The van der Waals surface area contributed by atoms with E-state index in [-0.39, 0.29) is 5.91 Å². The number of carbonyl (C=O) groups excluding carboxylic acids is 1. The van der Waals surface area contributed by atoms with Gasteiger partial charge >= 0.3 is 0 Å². The van der Waals surface area contributed by atoms with Crippen molar-refractivity contribution in [2.75, 3.05) is 6.54 Å². The van der Waals surface area contributed by atoms with Gasteiger partial charge in [-0.1, -0.05) is 19.8 Å². The number of alkyl halides is 1. The molecule has 2 nitrogen and oxygen atoms in total. The van der Waals surface area contributed by atoms with E-state index in [9.17, 15) is 4.79 Å². The first kappa shape index (κ1) is 12.8. The zero-order valence-electron chi connectivity index (χ0n) is 9.60. The summed E-state index contributed by atoms with van der Waals surface area (Å²) in [5, 5.41) is 3.34. The Morgan fingerprint density at radius 1 is 1.47 bits per heavy atom. The molecule has 0 aromatic rings. The van der Waals surface area contributed by atoms with Crippen LogP contribution in [0.25, 0.3) is 0 Å². The van der Waals surface area contributed by atoms with Crippen LogP contribution in [0.3, 0.4) is 0 Å². The molecular weight excluding hydrogens is 210 g/mol. The Kier molecular flexibility index (Phi) is 6.07. The fraction of sp³-hybridized carbons (Fsp3) is 0.917. The predicted octanol–water partition coefficient (Wildman–Crippen LogP) is 3.09. The summed E-state index contributed by atoms with van der Waals surface area (Å²) in [5.74, 6) is 0.806. The van der Waals surface area contributed by atoms with Gasteiger partial charge in [0, 0.05) is 18.3 Å². The van der Waals surface area contributed by atoms with Crippen molar-refractivity contribution < 1.29 is 4.79 Å². The maximum absolute atomic E-state index is 11.4. The Balaban J connectivity index is 2.10. The first-order valence-electron chi connectivity index (χ1n) is 6.13. The molecule has 1 fully saturated rings. The Hall–Kier alpha value is -0.240. The van der Waals surface area contributed by atoms with Crippen molar-refractivity contribution in [1.82, 2.24) is 5.32 Å². The third kappa shape index (κ3) is 5.41. The molecule has 0 aliphatic heterocycles. The highest BCUT2D eigenvalue weighted by atomic mass is 35.5. The van der Waals surface area contributed by atoms with Crippen LogP contribution in [0.4, 0.5) is 0 Å². The fourth-order valence-corrected chi connectivity index (χ4v) is 2.50. The lowest BCUT2D eigenvalue weighted by Crippen LogP contribution is -2.31. The van der Waals surface area contributed by atoms with Gasteiger partial charge in [0.25, 0.3) is 0 Å². The second-order valence-corrected chi connectivity index (χ2v) is 5.15. The summed E-state index contributed by atoms with van der Waals surface area (Å²) in [6.07, 6.45) is 7.39. The van der Waals surface area contributed by atoms with Gasteiger partial charge in [-0.15, -0.1) is 11.6 Å². The van der Waals surface area contributed by atoms with Crippen molar-refractivity contribution in [2.45, 2.75) is 57.2 Å². The maximum atomic E-state index is 11.4. The molecule has 0 aromatic carbocycles. The summed E-state index contributed by atoms with van der Waals surface area (Å²) in [6, 6.07) is 0. The molecule has 0 heterocycles. The fourth-order valence-electron chi connectivity index (χ4n) is 2.09. The van der Waals surface area contributed by atoms with Crippen LogP contribution in [0, 0.1) is 5.92 Å². The third-order valence-electron chi connectivity index (χ3n) is 3.06. The van der Waals surface area contributed by atoms with E-state index in [0.29, 0.717) is 17.7 Å². The minimum Gasteiger partial charge on any atom is -0.356 e. The van der Waals surface area contributed by atoms with E-state index in [0.717, 1.165) is 32.2 Å². The van der Waals surface area contributed by atoms with Crippen LogP contribution < -0.4 is 5.32 Å². The maximum Gasteiger partial charge on any atom is 0.220 e. The smallest absolute Gasteiger partial charge is 0.220 e. The molecule has 0 aromatic heterocycles. The van der Waals surface area contributed by atoms with Crippen molar-refractivity contribution in [1.29, 1.82) is 0 Å². The SMILES string of the molecule is CCCCC(=O)NCC1CCCC(Cl)C1. The molecule has 88 valence electrons. The summed E-state index contributed by atoms with van der Waals surface area (Å²) in [4.78, 5) is 11.4. The van der Waals surface area contributed by atoms with E-state index >= 15 is 0 Å². The summed E-state index contributed by atoms with van der Waals surface area (Å²) in [7, 11) is 0. The van der Waals surface area contributed by atoms with Gasteiger partial charge in [0.2, 0.25) is 5.91 Å². The monoisotopic (exact) mass is 231 g/mol. The Morgan fingerprint density at radius 3 is 2.93 bits per heavy atom. The van der Waals surface area contributed by atoms with E-state index in [1.54, 1.807) is 0 Å². The van der Waals surface area contributed by atoms with Crippen LogP contribution in [0.5, 0.6) is 0 Å². The number of halogens is 1. The van der Waals surface area contributed by atoms with Crippen LogP contribution in [-0.4, -0.2) is 17.8 Å². The third-order valence-corrected chi connectivity index (χ3v) is 3.46. The van der Waals surface area contributed by atoms with E-state index < -0.39 is 0 Å². The minimum absolute atomic E-state index is 0.202. The number of nitrogens with one attached hydrogen (secondary N) is 1. The summed E-state index contributed by atoms with van der Waals surface area (Å²) < 4.78 is 0. The summed E-state index contributed by atoms with van der Waals surface area (Å²) in [6.45, 7) is 2.93. The standard InChI is InChI=1S/C12H22ClNO/c1-2-3-7-12(15)14-9-10-5-4-6-11(13)8-10/h10-11H,2-9H2,1H3,(H,14,15). The van der Waals surface area contributed by atoms with Gasteiger partial charge in [-0.2, -0.15) is 0 Å². The summed E-state index contributed by atoms with van der Waals surface area (Å²) >= 11 is 6.10. The normalized spacial score (nSPS) is 26.3. The van der Waals surface area contributed by atoms with Crippen molar-refractivity contribution in [3.05, 3.63) is 0 Å². The van der Waals surface area contributed by atoms with Crippen molar-refractivity contribution >= 4 is 17.5 Å². The minimum atomic E-state index is 0.202. The molecule has 0 radical (unpaired) electrons. The molecule has 3 heteroatoms. The molecule has 0 bridgehead atoms. The van der Waals surface area contributed by atoms with E-state index in [1.807, 2.05) is 0 Å². The Morgan fingerprint density at radius 2 is 2.27 bits per heavy atom. The molecule has 1 N–H and O–H groups in total. The van der Waals surface area contributed by atoms with Crippen LogP contribution in [0.15, 0.2) is 0 Å². The van der Waals surface area contributed by atoms with E-state index in [1.165, 1.54) is 12.8 Å².